The molecule has 0 bridgehead atoms. The number of nitrogens with zero attached hydrogens (tertiary/aromatic N) is 1. The van der Waals surface area contributed by atoms with Crippen molar-refractivity contribution in [1.29, 1.82) is 0 Å². The van der Waals surface area contributed by atoms with Gasteiger partial charge in [-0.25, -0.2) is 4.98 Å². The molecule has 0 spiro atoms. The Morgan fingerprint density at radius 1 is 1.29 bits per heavy atom. The highest BCUT2D eigenvalue weighted by Gasteiger charge is 2.01. The van der Waals surface area contributed by atoms with E-state index in [0.29, 0.717) is 18.4 Å². The number of oxazole rings is 1. The van der Waals surface area contributed by atoms with E-state index in [2.05, 4.69) is 4.98 Å². The van der Waals surface area contributed by atoms with Gasteiger partial charge in [0.25, 0.3) is 0 Å². The summed E-state index contributed by atoms with van der Waals surface area (Å²) < 4.78 is 10.4. The van der Waals surface area contributed by atoms with Crippen molar-refractivity contribution < 1.29 is 9.15 Å². The second kappa shape index (κ2) is 3.83. The number of ether oxygens (including phenoxy) is 1. The maximum Gasteiger partial charge on any atom is 0.234 e. The molecule has 2 rings (SSSR count). The minimum absolute atomic E-state index is 0.293. The minimum Gasteiger partial charge on any atom is -0.484 e. The number of aromatic nitrogens is 1. The SMILES string of the molecule is Nc1cnc(COc2ccccc2)o1. The van der Waals surface area contributed by atoms with Gasteiger partial charge in [0, 0.05) is 0 Å². The van der Waals surface area contributed by atoms with E-state index in [1.165, 1.54) is 6.20 Å². The topological polar surface area (TPSA) is 61.3 Å². The number of para-hydroxylation sites is 1. The van der Waals surface area contributed by atoms with Gasteiger partial charge in [0.1, 0.15) is 5.75 Å². The molecule has 72 valence electrons. The summed E-state index contributed by atoms with van der Waals surface area (Å²) in [5.41, 5.74) is 5.36. The van der Waals surface area contributed by atoms with E-state index in [0.717, 1.165) is 5.75 Å². The Morgan fingerprint density at radius 3 is 2.71 bits per heavy atom. The molecule has 0 unspecified atom stereocenters. The van der Waals surface area contributed by atoms with Gasteiger partial charge >= 0.3 is 0 Å². The second-order valence-electron chi connectivity index (χ2n) is 2.76. The van der Waals surface area contributed by atoms with Gasteiger partial charge in [0.05, 0.1) is 6.20 Å². The van der Waals surface area contributed by atoms with Crippen molar-refractivity contribution in [3.8, 4) is 5.75 Å². The molecule has 1 heterocycles. The normalized spacial score (nSPS) is 10.0. The van der Waals surface area contributed by atoms with Crippen LogP contribution < -0.4 is 10.5 Å². The van der Waals surface area contributed by atoms with Crippen LogP contribution in [0.15, 0.2) is 40.9 Å². The standard InChI is InChI=1S/C10H10N2O2/c11-9-6-12-10(14-9)7-13-8-4-2-1-3-5-8/h1-6H,7,11H2. The van der Waals surface area contributed by atoms with E-state index < -0.39 is 0 Å². The first-order valence-corrected chi connectivity index (χ1v) is 4.22. The predicted molar refractivity (Wildman–Crippen MR) is 51.7 cm³/mol. The molecule has 0 saturated heterocycles. The lowest BCUT2D eigenvalue weighted by Gasteiger charge is -2.01. The maximum atomic E-state index is 5.39. The number of anilines is 1. The fourth-order valence-electron chi connectivity index (χ4n) is 1.05. The number of benzene rings is 1. The van der Waals surface area contributed by atoms with E-state index in [4.69, 9.17) is 14.9 Å². The lowest BCUT2D eigenvalue weighted by Crippen LogP contribution is -1.94. The third kappa shape index (κ3) is 2.04. The summed E-state index contributed by atoms with van der Waals surface area (Å²) >= 11 is 0. The van der Waals surface area contributed by atoms with Crippen LogP contribution in [0.1, 0.15) is 5.89 Å². The van der Waals surface area contributed by atoms with Crippen LogP contribution in [0.2, 0.25) is 0 Å². The number of rotatable bonds is 3. The first-order chi connectivity index (χ1) is 6.84. The number of hydrogen-bond acceptors (Lipinski definition) is 4. The van der Waals surface area contributed by atoms with E-state index in [9.17, 15) is 0 Å². The second-order valence-corrected chi connectivity index (χ2v) is 2.76. The van der Waals surface area contributed by atoms with Gasteiger partial charge < -0.3 is 14.9 Å². The van der Waals surface area contributed by atoms with Crippen molar-refractivity contribution in [2.45, 2.75) is 6.61 Å². The molecule has 0 amide bonds. The van der Waals surface area contributed by atoms with Crippen molar-refractivity contribution >= 4 is 5.88 Å². The summed E-state index contributed by atoms with van der Waals surface area (Å²) in [5, 5.41) is 0. The van der Waals surface area contributed by atoms with Crippen molar-refractivity contribution in [2.24, 2.45) is 0 Å². The Labute approximate surface area is 81.3 Å². The summed E-state index contributed by atoms with van der Waals surface area (Å²) in [6.07, 6.45) is 1.46. The van der Waals surface area contributed by atoms with Gasteiger partial charge in [0.15, 0.2) is 6.61 Å². The molecule has 2 aromatic rings. The monoisotopic (exact) mass is 190 g/mol. The van der Waals surface area contributed by atoms with Gasteiger partial charge in [0.2, 0.25) is 11.8 Å². The highest BCUT2D eigenvalue weighted by Crippen LogP contribution is 2.12. The molecule has 2 N–H and O–H groups in total. The fourth-order valence-corrected chi connectivity index (χ4v) is 1.05. The number of hydrogen-bond donors (Lipinski definition) is 1. The van der Waals surface area contributed by atoms with Crippen molar-refractivity contribution in [3.63, 3.8) is 0 Å². The van der Waals surface area contributed by atoms with Crippen LogP contribution in [0, 0.1) is 0 Å². The molecule has 0 aliphatic heterocycles. The lowest BCUT2D eigenvalue weighted by atomic mass is 10.3. The van der Waals surface area contributed by atoms with Crippen molar-refractivity contribution in [3.05, 3.63) is 42.4 Å². The average Bonchev–Trinajstić information content (AvgIpc) is 2.63. The van der Waals surface area contributed by atoms with Crippen LogP contribution in [-0.4, -0.2) is 4.98 Å². The third-order valence-electron chi connectivity index (χ3n) is 1.68. The van der Waals surface area contributed by atoms with Gasteiger partial charge in [-0.15, -0.1) is 0 Å². The summed E-state index contributed by atoms with van der Waals surface area (Å²) in [5.74, 6) is 1.56. The zero-order valence-corrected chi connectivity index (χ0v) is 7.51. The van der Waals surface area contributed by atoms with Crippen LogP contribution in [0.4, 0.5) is 5.88 Å². The highest BCUT2D eigenvalue weighted by molar-refractivity contribution is 5.21. The predicted octanol–water partition coefficient (Wildman–Crippen LogP) is 1.84. The molecule has 1 aromatic heterocycles. The molecule has 14 heavy (non-hydrogen) atoms. The van der Waals surface area contributed by atoms with Crippen LogP contribution in [-0.2, 0) is 6.61 Å². The third-order valence-corrected chi connectivity index (χ3v) is 1.68. The number of nitrogens with two attached hydrogens (primary N) is 1. The van der Waals surface area contributed by atoms with Crippen LogP contribution >= 0.6 is 0 Å². The quantitative estimate of drug-likeness (QED) is 0.802. The fraction of sp³-hybridized carbons (Fsp3) is 0.100. The number of nitrogen functional groups attached to an aromatic ring is 1. The molecular formula is C10H10N2O2. The molecule has 0 saturated carbocycles. The Hall–Kier alpha value is -1.97. The van der Waals surface area contributed by atoms with E-state index >= 15 is 0 Å². The molecule has 0 fully saturated rings. The smallest absolute Gasteiger partial charge is 0.234 e. The highest BCUT2D eigenvalue weighted by atomic mass is 16.5. The van der Waals surface area contributed by atoms with E-state index in [1.807, 2.05) is 30.3 Å². The van der Waals surface area contributed by atoms with E-state index in [1.54, 1.807) is 0 Å². The zero-order chi connectivity index (χ0) is 9.80. The molecule has 0 aliphatic rings. The lowest BCUT2D eigenvalue weighted by molar-refractivity contribution is 0.265. The summed E-state index contributed by atoms with van der Waals surface area (Å²) in [6, 6.07) is 9.47. The summed E-state index contributed by atoms with van der Waals surface area (Å²) in [6.45, 7) is 0.293. The molecule has 1 aromatic carbocycles. The Balaban J connectivity index is 1.95. The Kier molecular flexibility index (Phi) is 2.36. The van der Waals surface area contributed by atoms with Gasteiger partial charge in [-0.2, -0.15) is 0 Å². The largest absolute Gasteiger partial charge is 0.484 e. The van der Waals surface area contributed by atoms with Gasteiger partial charge in [-0.05, 0) is 12.1 Å². The first-order valence-electron chi connectivity index (χ1n) is 4.22. The first kappa shape index (κ1) is 8.62. The van der Waals surface area contributed by atoms with E-state index in [-0.39, 0.29) is 0 Å². The maximum absolute atomic E-state index is 5.39. The van der Waals surface area contributed by atoms with Gasteiger partial charge in [-0.3, -0.25) is 0 Å². The van der Waals surface area contributed by atoms with Crippen LogP contribution in [0.5, 0.6) is 5.75 Å². The zero-order valence-electron chi connectivity index (χ0n) is 7.51. The van der Waals surface area contributed by atoms with Crippen LogP contribution in [0.3, 0.4) is 0 Å². The van der Waals surface area contributed by atoms with Crippen LogP contribution in [0.25, 0.3) is 0 Å². The molecule has 4 nitrogen and oxygen atoms in total. The molecule has 4 heteroatoms. The Morgan fingerprint density at radius 2 is 2.07 bits per heavy atom. The molecule has 0 atom stereocenters. The summed E-state index contributed by atoms with van der Waals surface area (Å²) in [4.78, 5) is 3.91. The van der Waals surface area contributed by atoms with Crippen molar-refractivity contribution in [2.75, 3.05) is 5.73 Å². The van der Waals surface area contributed by atoms with Crippen molar-refractivity contribution in [1.82, 2.24) is 4.98 Å². The minimum atomic E-state index is 0.293. The molecular weight excluding hydrogens is 180 g/mol. The molecule has 0 aliphatic carbocycles. The summed E-state index contributed by atoms with van der Waals surface area (Å²) in [7, 11) is 0. The van der Waals surface area contributed by atoms with Gasteiger partial charge in [-0.1, -0.05) is 18.2 Å². The average molecular weight is 190 g/mol. The molecule has 0 radical (unpaired) electrons. The Bertz CT molecular complexity index is 398.